The lowest BCUT2D eigenvalue weighted by molar-refractivity contribution is -0.167. The van der Waals surface area contributed by atoms with Gasteiger partial charge in [0.25, 0.3) is 0 Å². The normalized spacial score (nSPS) is 33.5. The molecule has 0 radical (unpaired) electrons. The molecule has 2 saturated carbocycles. The molecule has 0 saturated heterocycles. The molecule has 0 bridgehead atoms. The first-order valence-corrected chi connectivity index (χ1v) is 16.5. The maximum atomic E-state index is 12.4. The van der Waals surface area contributed by atoms with Gasteiger partial charge in [-0.3, -0.25) is 4.79 Å². The molecule has 3 aliphatic carbocycles. The van der Waals surface area contributed by atoms with Crippen LogP contribution in [0.3, 0.4) is 0 Å². The Hall–Kier alpha value is -0.613. The van der Waals surface area contributed by atoms with Crippen LogP contribution in [-0.4, -0.2) is 74.4 Å². The molecule has 0 aromatic carbocycles. The van der Waals surface area contributed by atoms with E-state index in [-0.39, 0.29) is 36.8 Å². The number of fused-ring (bicyclic) bond motifs is 3. The summed E-state index contributed by atoms with van der Waals surface area (Å²) in [5, 5.41) is 0. The van der Waals surface area contributed by atoms with Crippen LogP contribution in [0.2, 0.25) is 25.7 Å². The van der Waals surface area contributed by atoms with Gasteiger partial charge >= 0.3 is 0 Å². The summed E-state index contributed by atoms with van der Waals surface area (Å²) in [6.45, 7) is 12.2. The molecule has 0 heterocycles. The fraction of sp³-hybridized carbons (Fsp3) is 0.885. The van der Waals surface area contributed by atoms with Crippen molar-refractivity contribution < 1.29 is 33.2 Å². The summed E-state index contributed by atoms with van der Waals surface area (Å²) < 4.78 is 34.5. The summed E-state index contributed by atoms with van der Waals surface area (Å²) in [4.78, 5) is 12.4. The van der Waals surface area contributed by atoms with Gasteiger partial charge in [-0.1, -0.05) is 32.1 Å². The molecule has 2 fully saturated rings. The third kappa shape index (κ3) is 6.99. The summed E-state index contributed by atoms with van der Waals surface area (Å²) in [6, 6.07) is 1.14. The molecule has 0 aromatic heterocycles. The van der Waals surface area contributed by atoms with Crippen molar-refractivity contribution in [3.05, 3.63) is 11.6 Å². The zero-order valence-corrected chi connectivity index (χ0v) is 23.1. The van der Waals surface area contributed by atoms with Crippen LogP contribution in [0.1, 0.15) is 32.6 Å². The van der Waals surface area contributed by atoms with Crippen molar-refractivity contribution >= 4 is 13.9 Å². The third-order valence-electron chi connectivity index (χ3n) is 7.93. The molecular formula is C26H46O7Si. The zero-order valence-electron chi connectivity index (χ0n) is 22.1. The first kappa shape index (κ1) is 28.0. The van der Waals surface area contributed by atoms with Gasteiger partial charge in [0.2, 0.25) is 0 Å². The van der Waals surface area contributed by atoms with E-state index < -0.39 is 8.07 Å². The fourth-order valence-electron chi connectivity index (χ4n) is 6.38. The van der Waals surface area contributed by atoms with Gasteiger partial charge in [0.15, 0.2) is 5.78 Å². The van der Waals surface area contributed by atoms with Crippen molar-refractivity contribution in [2.24, 2.45) is 29.1 Å². The number of ketones is 1. The summed E-state index contributed by atoms with van der Waals surface area (Å²) in [5.41, 5.74) is 1.19. The largest absolute Gasteiger partial charge is 0.359 e. The van der Waals surface area contributed by atoms with Crippen LogP contribution in [0.5, 0.6) is 0 Å². The molecule has 0 amide bonds. The number of rotatable bonds is 14. The number of hydrogen-bond donors (Lipinski definition) is 0. The van der Waals surface area contributed by atoms with E-state index in [0.717, 1.165) is 31.9 Å². The van der Waals surface area contributed by atoms with Crippen molar-refractivity contribution in [3.8, 4) is 0 Å². The van der Waals surface area contributed by atoms with Crippen molar-refractivity contribution in [3.63, 3.8) is 0 Å². The Balaban J connectivity index is 1.80. The molecule has 196 valence electrons. The Kier molecular flexibility index (Phi) is 10.3. The zero-order chi connectivity index (χ0) is 24.8. The smallest absolute Gasteiger partial charge is 0.155 e. The van der Waals surface area contributed by atoms with Gasteiger partial charge in [0.05, 0.1) is 19.3 Å². The lowest BCUT2D eigenvalue weighted by Gasteiger charge is -2.49. The molecule has 8 heteroatoms. The van der Waals surface area contributed by atoms with E-state index in [1.54, 1.807) is 14.2 Å². The topological polar surface area (TPSA) is 72.5 Å². The Bertz CT molecular complexity index is 691. The molecule has 0 unspecified atom stereocenters. The SMILES string of the molecule is COCOC[C@@H]1C2=CC(=O)CC[C@H]2[C@H]2[C@H]1[C@](C)(COCOC)CC[C@H]2OCOCC[Si](C)(C)C. The number of hydrogen-bond acceptors (Lipinski definition) is 7. The average molecular weight is 499 g/mol. The van der Waals surface area contributed by atoms with E-state index in [1.807, 2.05) is 6.08 Å². The maximum absolute atomic E-state index is 12.4. The van der Waals surface area contributed by atoms with Crippen molar-refractivity contribution in [1.82, 2.24) is 0 Å². The van der Waals surface area contributed by atoms with Crippen LogP contribution in [-0.2, 0) is 33.2 Å². The summed E-state index contributed by atoms with van der Waals surface area (Å²) in [5.74, 6) is 1.34. The first-order chi connectivity index (χ1) is 16.2. The molecule has 0 aliphatic heterocycles. The van der Waals surface area contributed by atoms with Gasteiger partial charge in [-0.15, -0.1) is 0 Å². The summed E-state index contributed by atoms with van der Waals surface area (Å²) in [6.07, 6.45) is 5.48. The highest BCUT2D eigenvalue weighted by molar-refractivity contribution is 6.76. The van der Waals surface area contributed by atoms with Crippen LogP contribution in [0.15, 0.2) is 11.6 Å². The molecule has 7 nitrogen and oxygen atoms in total. The number of allylic oxidation sites excluding steroid dienone is 1. The maximum Gasteiger partial charge on any atom is 0.155 e. The minimum absolute atomic E-state index is 0.0515. The van der Waals surface area contributed by atoms with E-state index in [1.165, 1.54) is 5.57 Å². The highest BCUT2D eigenvalue weighted by atomic mass is 28.3. The van der Waals surface area contributed by atoms with Crippen LogP contribution in [0, 0.1) is 29.1 Å². The third-order valence-corrected chi connectivity index (χ3v) is 9.63. The number of methoxy groups -OCH3 is 2. The Morgan fingerprint density at radius 1 is 1.03 bits per heavy atom. The molecule has 6 atom stereocenters. The van der Waals surface area contributed by atoms with Gasteiger partial charge in [0.1, 0.15) is 20.4 Å². The highest BCUT2D eigenvalue weighted by Crippen LogP contribution is 2.61. The second kappa shape index (κ2) is 12.6. The molecule has 3 rings (SSSR count). The van der Waals surface area contributed by atoms with Crippen molar-refractivity contribution in [2.75, 3.05) is 54.4 Å². The number of ether oxygens (including phenoxy) is 6. The lowest BCUT2D eigenvalue weighted by Crippen LogP contribution is -2.49. The lowest BCUT2D eigenvalue weighted by atomic mass is 9.59. The monoisotopic (exact) mass is 498 g/mol. The van der Waals surface area contributed by atoms with E-state index in [4.69, 9.17) is 28.4 Å². The second-order valence-electron chi connectivity index (χ2n) is 11.7. The van der Waals surface area contributed by atoms with Crippen molar-refractivity contribution in [1.29, 1.82) is 0 Å². The number of carbonyl (C=O) groups excluding carboxylic acids is 1. The van der Waals surface area contributed by atoms with Crippen LogP contribution in [0.25, 0.3) is 0 Å². The van der Waals surface area contributed by atoms with E-state index in [0.29, 0.717) is 44.2 Å². The molecule has 0 N–H and O–H groups in total. The fourth-order valence-corrected chi connectivity index (χ4v) is 7.13. The van der Waals surface area contributed by atoms with E-state index >= 15 is 0 Å². The van der Waals surface area contributed by atoms with Gasteiger partial charge in [0, 0.05) is 41.2 Å². The first-order valence-electron chi connectivity index (χ1n) is 12.8. The molecular weight excluding hydrogens is 452 g/mol. The quantitative estimate of drug-likeness (QED) is 0.198. The Morgan fingerprint density at radius 3 is 2.47 bits per heavy atom. The Morgan fingerprint density at radius 2 is 1.76 bits per heavy atom. The van der Waals surface area contributed by atoms with Crippen LogP contribution in [0.4, 0.5) is 0 Å². The standard InChI is InChI=1S/C26H46O7Si/c1-26(15-32-17-29-3)10-9-23(33-18-30-11-12-34(4,5)6)24-20-8-7-19(27)13-21(20)22(25(24)26)14-31-16-28-2/h13,20,22-25H,7-12,14-18H2,1-6H3/t20-,22-,23-,24-,25+,26+/m1/s1. The van der Waals surface area contributed by atoms with Crippen molar-refractivity contribution in [2.45, 2.75) is 64.4 Å². The van der Waals surface area contributed by atoms with Crippen LogP contribution >= 0.6 is 0 Å². The van der Waals surface area contributed by atoms with Gasteiger partial charge in [-0.2, -0.15) is 0 Å². The van der Waals surface area contributed by atoms with E-state index in [2.05, 4.69) is 26.6 Å². The minimum atomic E-state index is -1.13. The van der Waals surface area contributed by atoms with E-state index in [9.17, 15) is 4.79 Å². The number of carbonyl (C=O) groups is 1. The van der Waals surface area contributed by atoms with Gasteiger partial charge in [-0.25, -0.2) is 0 Å². The average Bonchev–Trinajstić information content (AvgIpc) is 3.10. The van der Waals surface area contributed by atoms with Crippen LogP contribution < -0.4 is 0 Å². The predicted octanol–water partition coefficient (Wildman–Crippen LogP) is 4.49. The Labute approximate surface area is 206 Å². The summed E-state index contributed by atoms with van der Waals surface area (Å²) in [7, 11) is 2.16. The van der Waals surface area contributed by atoms with Gasteiger partial charge in [-0.05, 0) is 54.6 Å². The van der Waals surface area contributed by atoms with Gasteiger partial charge < -0.3 is 28.4 Å². The molecule has 3 aliphatic rings. The predicted molar refractivity (Wildman–Crippen MR) is 133 cm³/mol. The molecule has 34 heavy (non-hydrogen) atoms. The minimum Gasteiger partial charge on any atom is -0.359 e. The molecule has 0 spiro atoms. The molecule has 0 aromatic rings. The second-order valence-corrected chi connectivity index (χ2v) is 17.4. The highest BCUT2D eigenvalue weighted by Gasteiger charge is 2.59. The summed E-state index contributed by atoms with van der Waals surface area (Å²) >= 11 is 0.